The first-order valence-corrected chi connectivity index (χ1v) is 10.7. The van der Waals surface area contributed by atoms with E-state index in [9.17, 15) is 4.79 Å². The third kappa shape index (κ3) is 4.51. The molecule has 0 saturated carbocycles. The van der Waals surface area contributed by atoms with Crippen LogP contribution in [0.25, 0.3) is 16.6 Å². The van der Waals surface area contributed by atoms with E-state index in [2.05, 4.69) is 51.2 Å². The smallest absolute Gasteiger partial charge is 0.179 e. The highest BCUT2D eigenvalue weighted by Gasteiger charge is 2.27. The Morgan fingerprint density at radius 3 is 2.60 bits per heavy atom. The molecule has 2 aromatic heterocycles. The van der Waals surface area contributed by atoms with Crippen LogP contribution in [0.2, 0.25) is 0 Å². The lowest BCUT2D eigenvalue weighted by Crippen LogP contribution is -2.37. The fraction of sp³-hybridized carbons (Fsp3) is 0.478. The van der Waals surface area contributed by atoms with E-state index in [0.717, 1.165) is 61.3 Å². The molecule has 3 aromatic rings. The molecule has 3 heterocycles. The van der Waals surface area contributed by atoms with Crippen LogP contribution in [0.1, 0.15) is 31.2 Å². The Kier molecular flexibility index (Phi) is 6.08. The molecule has 7 heteroatoms. The lowest BCUT2D eigenvalue weighted by Gasteiger charge is -2.31. The van der Waals surface area contributed by atoms with Crippen LogP contribution in [0.4, 0.5) is 5.82 Å². The van der Waals surface area contributed by atoms with Crippen LogP contribution in [0.3, 0.4) is 0 Å². The molecule has 1 aromatic carbocycles. The van der Waals surface area contributed by atoms with Gasteiger partial charge in [0, 0.05) is 37.0 Å². The van der Waals surface area contributed by atoms with Crippen LogP contribution in [0.5, 0.6) is 0 Å². The normalized spacial score (nSPS) is 15.3. The SMILES string of the molecule is Cc1ccc(-n2cc3cnnc(N4CCC(C(=O)CCCN(C)C)CC4)c3n2)cc1. The van der Waals surface area contributed by atoms with Crippen molar-refractivity contribution in [3.05, 3.63) is 42.2 Å². The zero-order chi connectivity index (χ0) is 21.1. The van der Waals surface area contributed by atoms with Gasteiger partial charge >= 0.3 is 0 Å². The number of rotatable bonds is 7. The summed E-state index contributed by atoms with van der Waals surface area (Å²) in [6.45, 7) is 4.67. The van der Waals surface area contributed by atoms with Crippen LogP contribution >= 0.6 is 0 Å². The number of piperidine rings is 1. The number of anilines is 1. The molecule has 1 saturated heterocycles. The first-order valence-electron chi connectivity index (χ1n) is 10.7. The second kappa shape index (κ2) is 8.92. The summed E-state index contributed by atoms with van der Waals surface area (Å²) in [5.74, 6) is 1.39. The molecule has 0 radical (unpaired) electrons. The molecule has 1 aliphatic heterocycles. The molecule has 0 spiro atoms. The fourth-order valence-electron chi connectivity index (χ4n) is 4.08. The van der Waals surface area contributed by atoms with Crippen molar-refractivity contribution in [3.8, 4) is 5.69 Å². The fourth-order valence-corrected chi connectivity index (χ4v) is 4.08. The standard InChI is InChI=1S/C23H30N6O/c1-17-6-8-20(9-7-17)29-16-19-15-24-25-23(22(19)26-29)28-13-10-18(11-14-28)21(30)5-4-12-27(2)3/h6-9,15-16,18H,4-5,10-14H2,1-3H3. The average Bonchev–Trinajstić information content (AvgIpc) is 3.18. The molecule has 1 aliphatic rings. The number of hydrogen-bond acceptors (Lipinski definition) is 6. The summed E-state index contributed by atoms with van der Waals surface area (Å²) < 4.78 is 1.89. The van der Waals surface area contributed by atoms with E-state index >= 15 is 0 Å². The molecule has 1 fully saturated rings. The van der Waals surface area contributed by atoms with Crippen molar-refractivity contribution in [1.29, 1.82) is 0 Å². The molecule has 0 atom stereocenters. The van der Waals surface area contributed by atoms with Gasteiger partial charge in [0.15, 0.2) is 5.82 Å². The molecule has 4 rings (SSSR count). The third-order valence-electron chi connectivity index (χ3n) is 5.88. The maximum atomic E-state index is 12.5. The van der Waals surface area contributed by atoms with Crippen molar-refractivity contribution >= 4 is 22.5 Å². The van der Waals surface area contributed by atoms with Crippen molar-refractivity contribution in [2.45, 2.75) is 32.6 Å². The van der Waals surface area contributed by atoms with Crippen LogP contribution in [0, 0.1) is 12.8 Å². The van der Waals surface area contributed by atoms with Crippen molar-refractivity contribution in [2.75, 3.05) is 38.6 Å². The number of nitrogens with zero attached hydrogens (tertiary/aromatic N) is 6. The predicted octanol–water partition coefficient (Wildman–Crippen LogP) is 3.25. The zero-order valence-corrected chi connectivity index (χ0v) is 18.1. The topological polar surface area (TPSA) is 67.2 Å². The van der Waals surface area contributed by atoms with Crippen LogP contribution in [-0.4, -0.2) is 64.4 Å². The molecule has 0 bridgehead atoms. The van der Waals surface area contributed by atoms with E-state index in [4.69, 9.17) is 5.10 Å². The second-order valence-electron chi connectivity index (χ2n) is 8.52. The van der Waals surface area contributed by atoms with Gasteiger partial charge in [0.1, 0.15) is 11.3 Å². The quantitative estimate of drug-likeness (QED) is 0.600. The lowest BCUT2D eigenvalue weighted by atomic mass is 9.90. The minimum Gasteiger partial charge on any atom is -0.353 e. The van der Waals surface area contributed by atoms with Gasteiger partial charge in [-0.05, 0) is 59.0 Å². The monoisotopic (exact) mass is 406 g/mol. The molecule has 7 nitrogen and oxygen atoms in total. The van der Waals surface area contributed by atoms with Gasteiger partial charge in [-0.3, -0.25) is 4.79 Å². The molecule has 158 valence electrons. The Labute approximate surface area is 177 Å². The van der Waals surface area contributed by atoms with Crippen molar-refractivity contribution in [3.63, 3.8) is 0 Å². The Morgan fingerprint density at radius 1 is 1.17 bits per heavy atom. The van der Waals surface area contributed by atoms with E-state index in [1.54, 1.807) is 6.20 Å². The molecular formula is C23H30N6O. The number of carbonyl (C=O) groups excluding carboxylic acids is 1. The van der Waals surface area contributed by atoms with E-state index in [0.29, 0.717) is 12.2 Å². The number of aromatic nitrogens is 4. The Bertz CT molecular complexity index is 1000. The van der Waals surface area contributed by atoms with Crippen molar-refractivity contribution < 1.29 is 4.79 Å². The van der Waals surface area contributed by atoms with Gasteiger partial charge in [-0.15, -0.1) is 5.10 Å². The van der Waals surface area contributed by atoms with Crippen LogP contribution in [-0.2, 0) is 4.79 Å². The van der Waals surface area contributed by atoms with Crippen molar-refractivity contribution in [1.82, 2.24) is 24.9 Å². The van der Waals surface area contributed by atoms with Gasteiger partial charge in [0.25, 0.3) is 0 Å². The van der Waals surface area contributed by atoms with Gasteiger partial charge in [-0.2, -0.15) is 10.2 Å². The highest BCUT2D eigenvalue weighted by Crippen LogP contribution is 2.28. The van der Waals surface area contributed by atoms with E-state index in [-0.39, 0.29) is 5.92 Å². The summed E-state index contributed by atoms with van der Waals surface area (Å²) in [5, 5.41) is 14.4. The number of hydrogen-bond donors (Lipinski definition) is 0. The van der Waals surface area contributed by atoms with Gasteiger partial charge in [0.05, 0.1) is 11.9 Å². The van der Waals surface area contributed by atoms with Gasteiger partial charge in [-0.25, -0.2) is 4.68 Å². The first-order chi connectivity index (χ1) is 14.5. The highest BCUT2D eigenvalue weighted by molar-refractivity contribution is 5.88. The first kappa shape index (κ1) is 20.5. The number of carbonyl (C=O) groups is 1. The highest BCUT2D eigenvalue weighted by atomic mass is 16.1. The van der Waals surface area contributed by atoms with E-state index < -0.39 is 0 Å². The maximum Gasteiger partial charge on any atom is 0.179 e. The maximum absolute atomic E-state index is 12.5. The summed E-state index contributed by atoms with van der Waals surface area (Å²) >= 11 is 0. The minimum atomic E-state index is 0.167. The van der Waals surface area contributed by atoms with E-state index in [1.807, 2.05) is 25.0 Å². The Hall–Kier alpha value is -2.80. The number of benzene rings is 1. The van der Waals surface area contributed by atoms with Gasteiger partial charge < -0.3 is 9.80 Å². The zero-order valence-electron chi connectivity index (χ0n) is 18.1. The lowest BCUT2D eigenvalue weighted by molar-refractivity contribution is -0.123. The molecule has 0 amide bonds. The largest absolute Gasteiger partial charge is 0.353 e. The van der Waals surface area contributed by atoms with Crippen LogP contribution in [0.15, 0.2) is 36.7 Å². The summed E-state index contributed by atoms with van der Waals surface area (Å²) in [5.41, 5.74) is 3.10. The van der Waals surface area contributed by atoms with Crippen molar-refractivity contribution in [2.24, 2.45) is 5.92 Å². The second-order valence-corrected chi connectivity index (χ2v) is 8.52. The van der Waals surface area contributed by atoms with E-state index in [1.165, 1.54) is 5.56 Å². The van der Waals surface area contributed by atoms with Gasteiger partial charge in [-0.1, -0.05) is 17.7 Å². The summed E-state index contributed by atoms with van der Waals surface area (Å²) in [6.07, 6.45) is 7.12. The molecule has 0 aliphatic carbocycles. The Morgan fingerprint density at radius 2 is 1.90 bits per heavy atom. The minimum absolute atomic E-state index is 0.167. The number of ketones is 1. The summed E-state index contributed by atoms with van der Waals surface area (Å²) in [7, 11) is 4.09. The molecule has 30 heavy (non-hydrogen) atoms. The number of Topliss-reactive ketones (excluding diaryl/α,β-unsaturated/α-hetero) is 1. The van der Waals surface area contributed by atoms with Gasteiger partial charge in [0.2, 0.25) is 0 Å². The Balaban J connectivity index is 1.45. The summed E-state index contributed by atoms with van der Waals surface area (Å²) in [6, 6.07) is 8.29. The predicted molar refractivity (Wildman–Crippen MR) is 119 cm³/mol. The molecule has 0 N–H and O–H groups in total. The molecular weight excluding hydrogens is 376 g/mol. The number of aryl methyl sites for hydroxylation is 1. The third-order valence-corrected chi connectivity index (χ3v) is 5.88. The molecule has 0 unspecified atom stereocenters. The average molecular weight is 407 g/mol. The van der Waals surface area contributed by atoms with Crippen LogP contribution < -0.4 is 4.90 Å². The summed E-state index contributed by atoms with van der Waals surface area (Å²) in [4.78, 5) is 16.9. The number of fused-ring (bicyclic) bond motifs is 1.